The molecule has 1 saturated heterocycles. The lowest BCUT2D eigenvalue weighted by Crippen LogP contribution is -2.60. The van der Waals surface area contributed by atoms with Crippen LogP contribution in [0.4, 0.5) is 0 Å². The van der Waals surface area contributed by atoms with E-state index >= 15 is 0 Å². The van der Waals surface area contributed by atoms with E-state index in [1.165, 1.54) is 6.21 Å². The van der Waals surface area contributed by atoms with Crippen molar-refractivity contribution in [2.24, 2.45) is 5.10 Å². The molecule has 0 aliphatic carbocycles. The van der Waals surface area contributed by atoms with Gasteiger partial charge in [0.2, 0.25) is 6.29 Å². The maximum atomic E-state index is 11.9. The fourth-order valence-electron chi connectivity index (χ4n) is 3.06. The maximum Gasteiger partial charge on any atom is 0.277 e. The van der Waals surface area contributed by atoms with Crippen LogP contribution in [0.1, 0.15) is 11.1 Å². The number of ether oxygens (including phenoxy) is 3. The van der Waals surface area contributed by atoms with Gasteiger partial charge in [-0.05, 0) is 60.5 Å². The van der Waals surface area contributed by atoms with Crippen LogP contribution < -0.4 is 14.9 Å². The van der Waals surface area contributed by atoms with Crippen LogP contribution in [0.15, 0.2) is 47.6 Å². The molecular weight excluding hydrogens is 456 g/mol. The molecule has 5 atom stereocenters. The Labute approximate surface area is 195 Å². The van der Waals surface area contributed by atoms with Crippen LogP contribution in [0, 0.1) is 6.92 Å². The minimum Gasteiger partial charge on any atom is -0.483 e. The predicted octanol–water partition coefficient (Wildman–Crippen LogP) is 0.356. The van der Waals surface area contributed by atoms with E-state index in [2.05, 4.69) is 10.5 Å². The van der Waals surface area contributed by atoms with Crippen molar-refractivity contribution in [3.63, 3.8) is 0 Å². The van der Waals surface area contributed by atoms with E-state index in [0.29, 0.717) is 22.1 Å². The molecule has 0 saturated carbocycles. The highest BCUT2D eigenvalue weighted by molar-refractivity contribution is 6.30. The summed E-state index contributed by atoms with van der Waals surface area (Å²) in [5.41, 5.74) is 3.81. The Morgan fingerprint density at radius 1 is 1.15 bits per heavy atom. The molecule has 2 aromatic carbocycles. The molecule has 11 heteroatoms. The van der Waals surface area contributed by atoms with Gasteiger partial charge in [-0.1, -0.05) is 11.6 Å². The van der Waals surface area contributed by atoms with E-state index in [9.17, 15) is 25.2 Å². The molecule has 1 fully saturated rings. The van der Waals surface area contributed by atoms with Gasteiger partial charge in [-0.3, -0.25) is 4.79 Å². The van der Waals surface area contributed by atoms with E-state index in [4.69, 9.17) is 25.8 Å². The van der Waals surface area contributed by atoms with E-state index in [0.717, 1.165) is 5.56 Å². The number of halogens is 1. The number of hydrogen-bond acceptors (Lipinski definition) is 9. The quantitative estimate of drug-likeness (QED) is 0.268. The molecule has 2 aromatic rings. The van der Waals surface area contributed by atoms with Crippen molar-refractivity contribution in [1.82, 2.24) is 5.43 Å². The second-order valence-electron chi connectivity index (χ2n) is 7.38. The molecular formula is C22H25ClN2O8. The zero-order valence-corrected chi connectivity index (χ0v) is 18.4. The molecule has 1 aliphatic rings. The van der Waals surface area contributed by atoms with Crippen LogP contribution in [-0.4, -0.2) is 76.5 Å². The van der Waals surface area contributed by atoms with Crippen LogP contribution in [0.25, 0.3) is 0 Å². The summed E-state index contributed by atoms with van der Waals surface area (Å²) in [6.07, 6.45) is -5.40. The van der Waals surface area contributed by atoms with Gasteiger partial charge < -0.3 is 34.6 Å². The third kappa shape index (κ3) is 6.64. The van der Waals surface area contributed by atoms with Crippen molar-refractivity contribution in [3.8, 4) is 11.5 Å². The number of benzene rings is 2. The Bertz CT molecular complexity index is 969. The van der Waals surface area contributed by atoms with Gasteiger partial charge in [0.15, 0.2) is 6.61 Å². The smallest absolute Gasteiger partial charge is 0.277 e. The number of carbonyl (C=O) groups excluding carboxylic acids is 1. The van der Waals surface area contributed by atoms with Crippen LogP contribution >= 0.6 is 11.6 Å². The Balaban J connectivity index is 1.48. The zero-order chi connectivity index (χ0) is 24.0. The third-order valence-electron chi connectivity index (χ3n) is 4.88. The number of amides is 1. The van der Waals surface area contributed by atoms with Crippen molar-refractivity contribution in [2.75, 3.05) is 13.2 Å². The van der Waals surface area contributed by atoms with E-state index < -0.39 is 43.2 Å². The molecule has 178 valence electrons. The molecule has 1 aliphatic heterocycles. The first-order chi connectivity index (χ1) is 15.8. The fraction of sp³-hybridized carbons (Fsp3) is 0.364. The average Bonchev–Trinajstić information content (AvgIpc) is 2.80. The number of aliphatic hydroxyl groups is 4. The van der Waals surface area contributed by atoms with Gasteiger partial charge in [-0.25, -0.2) is 5.43 Å². The number of rotatable bonds is 8. The highest BCUT2D eigenvalue weighted by Gasteiger charge is 2.44. The maximum absolute atomic E-state index is 11.9. The Kier molecular flexibility index (Phi) is 8.61. The van der Waals surface area contributed by atoms with Gasteiger partial charge in [0.05, 0.1) is 12.8 Å². The van der Waals surface area contributed by atoms with Crippen molar-refractivity contribution in [3.05, 3.63) is 58.6 Å². The lowest BCUT2D eigenvalue weighted by molar-refractivity contribution is -0.277. The number of hydrazone groups is 1. The summed E-state index contributed by atoms with van der Waals surface area (Å²) in [4.78, 5) is 11.9. The monoisotopic (exact) mass is 480 g/mol. The first kappa shape index (κ1) is 24.9. The summed E-state index contributed by atoms with van der Waals surface area (Å²) in [6, 6.07) is 11.5. The molecule has 1 heterocycles. The Hall–Kier alpha value is -2.73. The molecule has 0 unspecified atom stereocenters. The van der Waals surface area contributed by atoms with Gasteiger partial charge in [0.25, 0.3) is 5.91 Å². The number of nitrogens with one attached hydrogen (secondary N) is 1. The molecule has 33 heavy (non-hydrogen) atoms. The first-order valence-electron chi connectivity index (χ1n) is 10.1. The number of carbonyl (C=O) groups is 1. The molecule has 5 N–H and O–H groups in total. The summed E-state index contributed by atoms with van der Waals surface area (Å²) < 4.78 is 16.3. The standard InChI is InChI=1S/C22H25ClN2O8/c1-12-8-14(23)4-7-16(12)31-11-18(27)25-24-9-13-2-5-15(6-3-13)32-22-21(30)20(29)19(28)17(10-26)33-22/h2-9,17,19-22,26,28-30H,10-11H2,1H3,(H,25,27)/b24-9-/t17-,19+,20+,21+,22-/m1/s1. The largest absolute Gasteiger partial charge is 0.483 e. The Morgan fingerprint density at radius 3 is 2.55 bits per heavy atom. The van der Waals surface area contributed by atoms with Crippen molar-refractivity contribution < 1.29 is 39.4 Å². The molecule has 0 bridgehead atoms. The molecule has 1 amide bonds. The van der Waals surface area contributed by atoms with E-state index in [-0.39, 0.29) is 6.61 Å². The lowest BCUT2D eigenvalue weighted by atomic mass is 9.99. The summed E-state index contributed by atoms with van der Waals surface area (Å²) in [5.74, 6) is 0.420. The normalized spacial score (nSPS) is 25.1. The van der Waals surface area contributed by atoms with E-state index in [1.807, 2.05) is 6.92 Å². The number of aliphatic hydroxyl groups excluding tert-OH is 4. The van der Waals surface area contributed by atoms with Crippen LogP contribution in [0.3, 0.4) is 0 Å². The summed E-state index contributed by atoms with van der Waals surface area (Å²) in [5, 5.41) is 43.3. The van der Waals surface area contributed by atoms with Crippen molar-refractivity contribution in [2.45, 2.75) is 37.6 Å². The second-order valence-corrected chi connectivity index (χ2v) is 7.81. The minimum absolute atomic E-state index is 0.217. The summed E-state index contributed by atoms with van der Waals surface area (Å²) in [6.45, 7) is 1.06. The number of nitrogens with zero attached hydrogens (tertiary/aromatic N) is 1. The van der Waals surface area contributed by atoms with Crippen molar-refractivity contribution >= 4 is 23.7 Å². The van der Waals surface area contributed by atoms with E-state index in [1.54, 1.807) is 42.5 Å². The van der Waals surface area contributed by atoms with Gasteiger partial charge >= 0.3 is 0 Å². The van der Waals surface area contributed by atoms with Crippen molar-refractivity contribution in [1.29, 1.82) is 0 Å². The molecule has 0 spiro atoms. The Morgan fingerprint density at radius 2 is 1.88 bits per heavy atom. The van der Waals surface area contributed by atoms with Gasteiger partial charge in [-0.15, -0.1) is 0 Å². The first-order valence-corrected chi connectivity index (χ1v) is 10.4. The second kappa shape index (κ2) is 11.4. The minimum atomic E-state index is -1.52. The lowest BCUT2D eigenvalue weighted by Gasteiger charge is -2.39. The zero-order valence-electron chi connectivity index (χ0n) is 17.7. The van der Waals surface area contributed by atoms with Gasteiger partial charge in [0, 0.05) is 5.02 Å². The topological polar surface area (TPSA) is 150 Å². The van der Waals surface area contributed by atoms with Crippen LogP contribution in [-0.2, 0) is 9.53 Å². The van der Waals surface area contributed by atoms with Crippen LogP contribution in [0.5, 0.6) is 11.5 Å². The number of hydrogen-bond donors (Lipinski definition) is 5. The summed E-state index contributed by atoms with van der Waals surface area (Å²) in [7, 11) is 0. The highest BCUT2D eigenvalue weighted by Crippen LogP contribution is 2.24. The molecule has 3 rings (SSSR count). The molecule has 10 nitrogen and oxygen atoms in total. The van der Waals surface area contributed by atoms with Crippen LogP contribution in [0.2, 0.25) is 5.02 Å². The SMILES string of the molecule is Cc1cc(Cl)ccc1OCC(=O)N/N=C\c1ccc(O[C@@H]2O[C@H](CO)[C@H](O)[C@H](O)[C@@H]2O)cc1. The molecule has 0 radical (unpaired) electrons. The third-order valence-corrected chi connectivity index (χ3v) is 5.11. The van der Waals surface area contributed by atoms with Gasteiger partial charge in [-0.2, -0.15) is 5.10 Å². The fourth-order valence-corrected chi connectivity index (χ4v) is 3.29. The highest BCUT2D eigenvalue weighted by atomic mass is 35.5. The predicted molar refractivity (Wildman–Crippen MR) is 118 cm³/mol. The van der Waals surface area contributed by atoms with Gasteiger partial charge in [0.1, 0.15) is 35.9 Å². The number of aryl methyl sites for hydroxylation is 1. The summed E-state index contributed by atoms with van der Waals surface area (Å²) >= 11 is 5.89. The average molecular weight is 481 g/mol. The molecule has 0 aromatic heterocycles.